The van der Waals surface area contributed by atoms with Gasteiger partial charge in [-0.1, -0.05) is 0 Å². The molecule has 1 saturated carbocycles. The molecule has 2 amide bonds. The van der Waals surface area contributed by atoms with Crippen molar-refractivity contribution in [2.75, 3.05) is 13.1 Å². The highest BCUT2D eigenvalue weighted by Crippen LogP contribution is 2.30. The quantitative estimate of drug-likeness (QED) is 0.810. The van der Waals surface area contributed by atoms with E-state index in [1.807, 2.05) is 11.8 Å². The minimum Gasteiger partial charge on any atom is -0.481 e. The molecule has 1 heterocycles. The zero-order valence-electron chi connectivity index (χ0n) is 10.3. The maximum absolute atomic E-state index is 12.3. The fraction of sp³-hybridized carbons (Fsp3) is 0.833. The number of carbonyl (C=O) groups is 2. The monoisotopic (exact) mass is 240 g/mol. The number of nitrogens with zero attached hydrogens (tertiary/aromatic N) is 2. The van der Waals surface area contributed by atoms with Crippen molar-refractivity contribution >= 4 is 12.0 Å². The molecule has 0 aromatic rings. The molecule has 2 rings (SSSR count). The van der Waals surface area contributed by atoms with Gasteiger partial charge in [0.2, 0.25) is 0 Å². The molecule has 1 aliphatic carbocycles. The summed E-state index contributed by atoms with van der Waals surface area (Å²) in [5, 5.41) is 8.84. The van der Waals surface area contributed by atoms with E-state index < -0.39 is 5.97 Å². The number of carboxylic acids is 1. The number of carbonyl (C=O) groups excluding carboxylic acids is 1. The van der Waals surface area contributed by atoms with Crippen LogP contribution in [-0.4, -0.2) is 52.1 Å². The second-order valence-corrected chi connectivity index (χ2v) is 4.89. The van der Waals surface area contributed by atoms with E-state index in [-0.39, 0.29) is 18.5 Å². The lowest BCUT2D eigenvalue weighted by atomic mass is 10.1. The molecule has 1 N–H and O–H groups in total. The average molecular weight is 240 g/mol. The Kier molecular flexibility index (Phi) is 3.54. The lowest BCUT2D eigenvalue weighted by Crippen LogP contribution is -2.46. The Balaban J connectivity index is 1.99. The van der Waals surface area contributed by atoms with Crippen molar-refractivity contribution in [1.82, 2.24) is 9.80 Å². The minimum absolute atomic E-state index is 0.0405. The van der Waals surface area contributed by atoms with Crippen molar-refractivity contribution in [2.24, 2.45) is 0 Å². The van der Waals surface area contributed by atoms with Crippen LogP contribution in [0.5, 0.6) is 0 Å². The Morgan fingerprint density at radius 3 is 2.59 bits per heavy atom. The van der Waals surface area contributed by atoms with Crippen molar-refractivity contribution in [3.63, 3.8) is 0 Å². The summed E-state index contributed by atoms with van der Waals surface area (Å²) in [5.74, 6) is -0.816. The van der Waals surface area contributed by atoms with Crippen LogP contribution in [0.25, 0.3) is 0 Å². The Labute approximate surface area is 101 Å². The van der Waals surface area contributed by atoms with Crippen LogP contribution >= 0.6 is 0 Å². The van der Waals surface area contributed by atoms with Gasteiger partial charge in [-0.2, -0.15) is 0 Å². The summed E-state index contributed by atoms with van der Waals surface area (Å²) in [7, 11) is 0. The molecule has 1 atom stereocenters. The Bertz CT molecular complexity index is 315. The molecule has 1 aliphatic heterocycles. The third kappa shape index (κ3) is 2.70. The SMILES string of the molecule is CCN(C(=O)N1CCCC1CC(=O)O)C1CC1. The van der Waals surface area contributed by atoms with Gasteiger partial charge in [-0.25, -0.2) is 4.79 Å². The largest absolute Gasteiger partial charge is 0.481 e. The standard InChI is InChI=1S/C12H20N2O3/c1-2-13(9-5-6-9)12(17)14-7-3-4-10(14)8-11(15)16/h9-10H,2-8H2,1H3,(H,15,16). The summed E-state index contributed by atoms with van der Waals surface area (Å²) in [6.45, 7) is 3.41. The van der Waals surface area contributed by atoms with Gasteiger partial charge in [-0.3, -0.25) is 4.79 Å². The Morgan fingerprint density at radius 1 is 1.35 bits per heavy atom. The normalized spacial score (nSPS) is 23.8. The molecule has 0 radical (unpaired) electrons. The van der Waals surface area contributed by atoms with Gasteiger partial charge in [-0.15, -0.1) is 0 Å². The maximum atomic E-state index is 12.3. The van der Waals surface area contributed by atoms with Gasteiger partial charge < -0.3 is 14.9 Å². The minimum atomic E-state index is -0.816. The van der Waals surface area contributed by atoms with Crippen LogP contribution in [0.15, 0.2) is 0 Å². The van der Waals surface area contributed by atoms with E-state index in [2.05, 4.69) is 0 Å². The summed E-state index contributed by atoms with van der Waals surface area (Å²) in [5.41, 5.74) is 0. The predicted molar refractivity (Wildman–Crippen MR) is 62.8 cm³/mol. The highest BCUT2D eigenvalue weighted by Gasteiger charge is 2.38. The third-order valence-electron chi connectivity index (χ3n) is 3.61. The van der Waals surface area contributed by atoms with E-state index in [0.29, 0.717) is 12.6 Å². The van der Waals surface area contributed by atoms with E-state index in [9.17, 15) is 9.59 Å². The molecule has 0 bridgehead atoms. The molecule has 2 fully saturated rings. The zero-order chi connectivity index (χ0) is 12.4. The van der Waals surface area contributed by atoms with Gasteiger partial charge >= 0.3 is 12.0 Å². The number of aliphatic carboxylic acids is 1. The topological polar surface area (TPSA) is 60.9 Å². The van der Waals surface area contributed by atoms with E-state index in [1.165, 1.54) is 0 Å². The molecule has 17 heavy (non-hydrogen) atoms. The Hall–Kier alpha value is -1.26. The average Bonchev–Trinajstić information content (AvgIpc) is 2.99. The van der Waals surface area contributed by atoms with Gasteiger partial charge in [0.15, 0.2) is 0 Å². The molecular formula is C12H20N2O3. The number of likely N-dealkylation sites (tertiary alicyclic amines) is 1. The van der Waals surface area contributed by atoms with Crippen LogP contribution < -0.4 is 0 Å². The highest BCUT2D eigenvalue weighted by molar-refractivity contribution is 5.77. The maximum Gasteiger partial charge on any atom is 0.320 e. The molecule has 5 heteroatoms. The van der Waals surface area contributed by atoms with Crippen molar-refractivity contribution < 1.29 is 14.7 Å². The molecule has 96 valence electrons. The summed E-state index contributed by atoms with van der Waals surface area (Å²) < 4.78 is 0. The van der Waals surface area contributed by atoms with Gasteiger partial charge in [0.1, 0.15) is 0 Å². The molecule has 2 aliphatic rings. The van der Waals surface area contributed by atoms with E-state index in [4.69, 9.17) is 5.11 Å². The van der Waals surface area contributed by atoms with Crippen LogP contribution in [0.3, 0.4) is 0 Å². The second kappa shape index (κ2) is 4.94. The molecule has 5 nitrogen and oxygen atoms in total. The van der Waals surface area contributed by atoms with Crippen molar-refractivity contribution in [2.45, 2.75) is 51.1 Å². The number of rotatable bonds is 4. The van der Waals surface area contributed by atoms with Crippen LogP contribution in [0, 0.1) is 0 Å². The Morgan fingerprint density at radius 2 is 2.06 bits per heavy atom. The molecular weight excluding hydrogens is 220 g/mol. The van der Waals surface area contributed by atoms with E-state index in [1.54, 1.807) is 4.90 Å². The number of hydrogen-bond acceptors (Lipinski definition) is 2. The second-order valence-electron chi connectivity index (χ2n) is 4.89. The first kappa shape index (κ1) is 12.2. The van der Waals surface area contributed by atoms with E-state index >= 15 is 0 Å². The smallest absolute Gasteiger partial charge is 0.320 e. The van der Waals surface area contributed by atoms with Crippen LogP contribution in [-0.2, 0) is 4.79 Å². The van der Waals surface area contributed by atoms with Gasteiger partial charge in [0.25, 0.3) is 0 Å². The van der Waals surface area contributed by atoms with Crippen molar-refractivity contribution in [3.05, 3.63) is 0 Å². The van der Waals surface area contributed by atoms with Crippen LogP contribution in [0.1, 0.15) is 39.0 Å². The number of carboxylic acid groups (broad SMARTS) is 1. The lowest BCUT2D eigenvalue weighted by molar-refractivity contribution is -0.138. The fourth-order valence-corrected chi connectivity index (χ4v) is 2.60. The van der Waals surface area contributed by atoms with Crippen molar-refractivity contribution in [3.8, 4) is 0 Å². The third-order valence-corrected chi connectivity index (χ3v) is 3.61. The number of amides is 2. The van der Waals surface area contributed by atoms with Crippen LogP contribution in [0.4, 0.5) is 4.79 Å². The zero-order valence-corrected chi connectivity index (χ0v) is 10.3. The first-order valence-electron chi connectivity index (χ1n) is 6.42. The van der Waals surface area contributed by atoms with Gasteiger partial charge in [0.05, 0.1) is 6.42 Å². The summed E-state index contributed by atoms with van der Waals surface area (Å²) >= 11 is 0. The van der Waals surface area contributed by atoms with E-state index in [0.717, 1.165) is 32.2 Å². The summed E-state index contributed by atoms with van der Waals surface area (Å²) in [6, 6.07) is 0.338. The summed E-state index contributed by atoms with van der Waals surface area (Å²) in [4.78, 5) is 26.7. The molecule has 0 aromatic carbocycles. The first-order chi connectivity index (χ1) is 8.13. The van der Waals surface area contributed by atoms with Gasteiger partial charge in [0, 0.05) is 25.2 Å². The predicted octanol–water partition coefficient (Wildman–Crippen LogP) is 1.53. The number of hydrogen-bond donors (Lipinski definition) is 1. The van der Waals surface area contributed by atoms with Crippen molar-refractivity contribution in [1.29, 1.82) is 0 Å². The molecule has 0 aromatic heterocycles. The molecule has 1 saturated heterocycles. The summed E-state index contributed by atoms with van der Waals surface area (Å²) in [6.07, 6.45) is 4.01. The molecule has 0 spiro atoms. The first-order valence-corrected chi connectivity index (χ1v) is 6.42. The lowest BCUT2D eigenvalue weighted by Gasteiger charge is -2.30. The molecule has 1 unspecified atom stereocenters. The van der Waals surface area contributed by atoms with Gasteiger partial charge in [-0.05, 0) is 32.6 Å². The fourth-order valence-electron chi connectivity index (χ4n) is 2.60. The van der Waals surface area contributed by atoms with Crippen LogP contribution in [0.2, 0.25) is 0 Å². The number of urea groups is 1. The highest BCUT2D eigenvalue weighted by atomic mass is 16.4.